The highest BCUT2D eigenvalue weighted by Crippen LogP contribution is 2.29. The summed E-state index contributed by atoms with van der Waals surface area (Å²) in [4.78, 5) is 41.4. The molecule has 2 N–H and O–H groups in total. The summed E-state index contributed by atoms with van der Waals surface area (Å²) in [7, 11) is 0. The zero-order chi connectivity index (χ0) is 24.8. The Bertz CT molecular complexity index is 1020. The summed E-state index contributed by atoms with van der Waals surface area (Å²) in [6.07, 6.45) is 2.27. The monoisotopic (exact) mass is 477 g/mol. The molecule has 7 heteroatoms. The number of hydrogen-bond donors (Lipinski definition) is 2. The second-order valence-electron chi connectivity index (χ2n) is 10.2. The van der Waals surface area contributed by atoms with Crippen molar-refractivity contribution in [3.8, 4) is 0 Å². The van der Waals surface area contributed by atoms with Gasteiger partial charge in [0.05, 0.1) is 6.10 Å². The maximum Gasteiger partial charge on any atom is 0.251 e. The van der Waals surface area contributed by atoms with Crippen molar-refractivity contribution in [2.75, 3.05) is 26.2 Å². The molecule has 2 saturated heterocycles. The number of rotatable bonds is 9. The molecule has 186 valence electrons. The van der Waals surface area contributed by atoms with Gasteiger partial charge in [-0.3, -0.25) is 14.4 Å². The van der Waals surface area contributed by atoms with E-state index in [1.807, 2.05) is 36.4 Å². The number of carbonyl (C=O) groups excluding carboxylic acids is 3. The minimum absolute atomic E-state index is 0.00000285. The highest BCUT2D eigenvalue weighted by molar-refractivity contribution is 5.99. The summed E-state index contributed by atoms with van der Waals surface area (Å²) in [5.41, 5.74) is 1.16. The number of likely N-dealkylation sites (tertiary alicyclic amines) is 1. The molecule has 0 spiro atoms. The lowest BCUT2D eigenvalue weighted by Gasteiger charge is -2.31. The molecule has 7 nitrogen and oxygen atoms in total. The van der Waals surface area contributed by atoms with E-state index in [0.717, 1.165) is 31.5 Å². The lowest BCUT2D eigenvalue weighted by Crippen LogP contribution is -2.56. The van der Waals surface area contributed by atoms with Gasteiger partial charge in [-0.05, 0) is 55.5 Å². The van der Waals surface area contributed by atoms with Gasteiger partial charge in [0.15, 0.2) is 5.78 Å². The van der Waals surface area contributed by atoms with Crippen molar-refractivity contribution in [1.29, 1.82) is 0 Å². The molecule has 2 aliphatic rings. The summed E-state index contributed by atoms with van der Waals surface area (Å²) in [6, 6.07) is 17.2. The molecule has 4 rings (SSSR count). The Kier molecular flexibility index (Phi) is 7.98. The molecule has 2 aromatic rings. The van der Waals surface area contributed by atoms with Crippen LogP contribution in [0.2, 0.25) is 0 Å². The van der Waals surface area contributed by atoms with Crippen molar-refractivity contribution in [3.05, 3.63) is 71.8 Å². The number of hydrogen-bond acceptors (Lipinski definition) is 5. The SMILES string of the molecule is CC(C)(CC(NC(=O)c1ccccc1)C(=O)NC1C(=O)COC1CN1CCCC1)c1ccccc1. The largest absolute Gasteiger partial charge is 0.366 e. The minimum Gasteiger partial charge on any atom is -0.366 e. The van der Waals surface area contributed by atoms with Crippen LogP contribution < -0.4 is 10.6 Å². The van der Waals surface area contributed by atoms with Gasteiger partial charge in [-0.15, -0.1) is 0 Å². The standard InChI is InChI=1S/C28H35N3O4/c1-28(2,21-13-7-4-8-14-21)17-22(29-26(33)20-11-5-3-6-12-20)27(34)30-25-23(32)19-35-24(25)18-31-15-9-10-16-31/h3-8,11-14,22,24-25H,9-10,15-19H2,1-2H3,(H,29,33)(H,30,34). The molecule has 0 aromatic heterocycles. The molecular formula is C28H35N3O4. The van der Waals surface area contributed by atoms with E-state index in [2.05, 4.69) is 29.4 Å². The van der Waals surface area contributed by atoms with Crippen LogP contribution in [0.1, 0.15) is 49.0 Å². The van der Waals surface area contributed by atoms with Gasteiger partial charge >= 0.3 is 0 Å². The first-order chi connectivity index (χ1) is 16.8. The second-order valence-corrected chi connectivity index (χ2v) is 10.2. The fraction of sp³-hybridized carbons (Fsp3) is 0.464. The second kappa shape index (κ2) is 11.1. The summed E-state index contributed by atoms with van der Waals surface area (Å²) < 4.78 is 5.75. The van der Waals surface area contributed by atoms with Gasteiger partial charge in [-0.2, -0.15) is 0 Å². The van der Waals surface area contributed by atoms with Crippen molar-refractivity contribution >= 4 is 17.6 Å². The lowest BCUT2D eigenvalue weighted by atomic mass is 9.78. The van der Waals surface area contributed by atoms with Crippen molar-refractivity contribution in [3.63, 3.8) is 0 Å². The molecule has 3 unspecified atom stereocenters. The van der Waals surface area contributed by atoms with Crippen LogP contribution in [0.4, 0.5) is 0 Å². The van der Waals surface area contributed by atoms with Gasteiger partial charge in [0.25, 0.3) is 5.91 Å². The summed E-state index contributed by atoms with van der Waals surface area (Å²) in [6.45, 7) is 6.69. The highest BCUT2D eigenvalue weighted by atomic mass is 16.5. The van der Waals surface area contributed by atoms with Crippen molar-refractivity contribution in [2.24, 2.45) is 0 Å². The molecule has 2 aliphatic heterocycles. The maximum atomic E-state index is 13.6. The zero-order valence-electron chi connectivity index (χ0n) is 20.5. The van der Waals surface area contributed by atoms with E-state index in [9.17, 15) is 14.4 Å². The van der Waals surface area contributed by atoms with E-state index in [4.69, 9.17) is 4.74 Å². The minimum atomic E-state index is -0.821. The van der Waals surface area contributed by atoms with Gasteiger partial charge in [0.2, 0.25) is 5.91 Å². The Balaban J connectivity index is 1.51. The fourth-order valence-electron chi connectivity index (χ4n) is 4.95. The molecule has 0 bridgehead atoms. The molecular weight excluding hydrogens is 442 g/mol. The third kappa shape index (κ3) is 6.35. The zero-order valence-corrected chi connectivity index (χ0v) is 20.5. The Hall–Kier alpha value is -3.03. The Morgan fingerprint density at radius 1 is 1.03 bits per heavy atom. The number of carbonyl (C=O) groups is 3. The summed E-state index contributed by atoms with van der Waals surface area (Å²) >= 11 is 0. The predicted octanol–water partition coefficient (Wildman–Crippen LogP) is 2.70. The van der Waals surface area contributed by atoms with Crippen LogP contribution in [0.15, 0.2) is 60.7 Å². The quantitative estimate of drug-likeness (QED) is 0.580. The number of ketones is 1. The average Bonchev–Trinajstić information content (AvgIpc) is 3.50. The number of Topliss-reactive ketones (excluding diaryl/α,β-unsaturated/α-hetero) is 1. The highest BCUT2D eigenvalue weighted by Gasteiger charge is 2.40. The van der Waals surface area contributed by atoms with Gasteiger partial charge < -0.3 is 20.3 Å². The number of benzene rings is 2. The van der Waals surface area contributed by atoms with E-state index in [1.165, 1.54) is 0 Å². The van der Waals surface area contributed by atoms with Gasteiger partial charge in [-0.1, -0.05) is 62.4 Å². The van der Waals surface area contributed by atoms with Crippen LogP contribution in [0.25, 0.3) is 0 Å². The average molecular weight is 478 g/mol. The topological polar surface area (TPSA) is 87.7 Å². The number of nitrogens with zero attached hydrogens (tertiary/aromatic N) is 1. The van der Waals surface area contributed by atoms with Crippen molar-refractivity contribution in [1.82, 2.24) is 15.5 Å². The molecule has 3 atom stereocenters. The van der Waals surface area contributed by atoms with E-state index in [-0.39, 0.29) is 30.3 Å². The van der Waals surface area contributed by atoms with E-state index in [0.29, 0.717) is 18.5 Å². The first-order valence-electron chi connectivity index (χ1n) is 12.4. The first-order valence-corrected chi connectivity index (χ1v) is 12.4. The van der Waals surface area contributed by atoms with E-state index < -0.39 is 17.5 Å². The molecule has 2 fully saturated rings. The third-order valence-electron chi connectivity index (χ3n) is 7.02. The van der Waals surface area contributed by atoms with Crippen LogP contribution in [0, 0.1) is 0 Å². The Labute approximate surface area is 207 Å². The van der Waals surface area contributed by atoms with Gasteiger partial charge in [-0.25, -0.2) is 0 Å². The predicted molar refractivity (Wildman–Crippen MR) is 134 cm³/mol. The van der Waals surface area contributed by atoms with E-state index >= 15 is 0 Å². The summed E-state index contributed by atoms with van der Waals surface area (Å²) in [5.74, 6) is -0.816. The Morgan fingerprint density at radius 2 is 1.66 bits per heavy atom. The fourth-order valence-corrected chi connectivity index (χ4v) is 4.95. The van der Waals surface area contributed by atoms with Crippen LogP contribution in [0.3, 0.4) is 0 Å². The normalized spacial score (nSPS) is 21.6. The maximum absolute atomic E-state index is 13.6. The molecule has 0 aliphatic carbocycles. The van der Waals surface area contributed by atoms with Crippen LogP contribution in [-0.4, -0.2) is 66.9 Å². The van der Waals surface area contributed by atoms with Crippen LogP contribution in [0.5, 0.6) is 0 Å². The third-order valence-corrected chi connectivity index (χ3v) is 7.02. The number of amides is 2. The molecule has 2 heterocycles. The van der Waals surface area contributed by atoms with Crippen molar-refractivity contribution < 1.29 is 19.1 Å². The number of ether oxygens (including phenoxy) is 1. The lowest BCUT2D eigenvalue weighted by molar-refractivity contribution is -0.128. The first kappa shape index (κ1) is 25.1. The molecule has 2 aromatic carbocycles. The molecule has 2 amide bonds. The Morgan fingerprint density at radius 3 is 2.31 bits per heavy atom. The van der Waals surface area contributed by atoms with Gasteiger partial charge in [0, 0.05) is 12.1 Å². The smallest absolute Gasteiger partial charge is 0.251 e. The van der Waals surface area contributed by atoms with Gasteiger partial charge in [0.1, 0.15) is 18.7 Å². The molecule has 35 heavy (non-hydrogen) atoms. The van der Waals surface area contributed by atoms with Crippen LogP contribution in [-0.2, 0) is 19.7 Å². The summed E-state index contributed by atoms with van der Waals surface area (Å²) in [5, 5.41) is 5.85. The molecule has 0 saturated carbocycles. The number of nitrogens with one attached hydrogen (secondary N) is 2. The van der Waals surface area contributed by atoms with E-state index in [1.54, 1.807) is 24.3 Å². The van der Waals surface area contributed by atoms with Crippen molar-refractivity contribution in [2.45, 2.75) is 56.7 Å². The molecule has 0 radical (unpaired) electrons. The van der Waals surface area contributed by atoms with Crippen LogP contribution >= 0.6 is 0 Å².